The number of anilines is 1. The average molecular weight is 259 g/mol. The van der Waals surface area contributed by atoms with Gasteiger partial charge < -0.3 is 15.0 Å². The Morgan fingerprint density at radius 1 is 1.53 bits per heavy atom. The molecule has 1 unspecified atom stereocenters. The second kappa shape index (κ2) is 6.55. The average Bonchev–Trinajstić information content (AvgIpc) is 2.98. The Hall–Kier alpha value is -1.57. The highest BCUT2D eigenvalue weighted by Gasteiger charge is 2.22. The summed E-state index contributed by atoms with van der Waals surface area (Å²) in [5.74, 6) is 0. The number of hydrogen-bond donors (Lipinski definition) is 1. The smallest absolute Gasteiger partial charge is 0.101 e. The maximum absolute atomic E-state index is 9.33. The fraction of sp³-hybridized carbons (Fsp3) is 0.533. The van der Waals surface area contributed by atoms with Gasteiger partial charge in [0, 0.05) is 20.2 Å². The summed E-state index contributed by atoms with van der Waals surface area (Å²) in [4.78, 5) is 2.17. The third-order valence-corrected chi connectivity index (χ3v) is 3.59. The summed E-state index contributed by atoms with van der Waals surface area (Å²) >= 11 is 0. The van der Waals surface area contributed by atoms with Crippen molar-refractivity contribution in [1.29, 1.82) is 5.26 Å². The van der Waals surface area contributed by atoms with Gasteiger partial charge in [-0.3, -0.25) is 0 Å². The van der Waals surface area contributed by atoms with Crippen LogP contribution in [0.3, 0.4) is 0 Å². The number of benzene rings is 1. The molecular formula is C15H21N3O. The summed E-state index contributed by atoms with van der Waals surface area (Å²) in [6.07, 6.45) is 1.03. The molecule has 0 radical (unpaired) electrons. The number of likely N-dealkylation sites (N-methyl/N-ethyl adjacent to an activating group) is 1. The van der Waals surface area contributed by atoms with E-state index in [1.807, 2.05) is 19.2 Å². The van der Waals surface area contributed by atoms with Gasteiger partial charge in [-0.15, -0.1) is 0 Å². The largest absolute Gasteiger partial charge is 0.379 e. The lowest BCUT2D eigenvalue weighted by Gasteiger charge is -2.26. The molecule has 1 aromatic carbocycles. The molecule has 2 rings (SSSR count). The topological polar surface area (TPSA) is 48.3 Å². The molecule has 1 atom stereocenters. The van der Waals surface area contributed by atoms with Crippen molar-refractivity contribution >= 4 is 5.69 Å². The van der Waals surface area contributed by atoms with Gasteiger partial charge in [0.1, 0.15) is 6.07 Å². The van der Waals surface area contributed by atoms with Crippen LogP contribution in [0.25, 0.3) is 0 Å². The second-order valence-electron chi connectivity index (χ2n) is 4.87. The first-order valence-corrected chi connectivity index (χ1v) is 6.80. The maximum atomic E-state index is 9.33. The summed E-state index contributed by atoms with van der Waals surface area (Å²) < 4.78 is 5.42. The van der Waals surface area contributed by atoms with Crippen LogP contribution in [-0.4, -0.2) is 32.8 Å². The first-order chi connectivity index (χ1) is 9.26. The molecule has 19 heavy (non-hydrogen) atoms. The van der Waals surface area contributed by atoms with E-state index < -0.39 is 0 Å². The summed E-state index contributed by atoms with van der Waals surface area (Å²) in [6.45, 7) is 5.38. The van der Waals surface area contributed by atoms with Crippen molar-refractivity contribution in [2.75, 3.05) is 31.7 Å². The number of nitrogens with zero attached hydrogens (tertiary/aromatic N) is 2. The van der Waals surface area contributed by atoms with E-state index in [-0.39, 0.29) is 0 Å². The molecule has 4 nitrogen and oxygen atoms in total. The molecule has 1 heterocycles. The minimum Gasteiger partial charge on any atom is -0.379 e. The predicted molar refractivity (Wildman–Crippen MR) is 76.2 cm³/mol. The predicted octanol–water partition coefficient (Wildman–Crippen LogP) is 1.89. The molecule has 0 aromatic heterocycles. The van der Waals surface area contributed by atoms with Crippen LogP contribution in [-0.2, 0) is 11.3 Å². The minimum atomic E-state index is 0.381. The fourth-order valence-electron chi connectivity index (χ4n) is 2.38. The standard InChI is InChI=1S/C15H21N3O/c1-3-17-10-12-4-5-15(13(8-12)9-16)18(2)14-6-7-19-11-14/h4-5,8,14,17H,3,6-7,10-11H2,1-2H3. The van der Waals surface area contributed by atoms with E-state index in [1.54, 1.807) is 0 Å². The monoisotopic (exact) mass is 259 g/mol. The lowest BCUT2D eigenvalue weighted by Crippen LogP contribution is -2.32. The highest BCUT2D eigenvalue weighted by atomic mass is 16.5. The molecule has 1 fully saturated rings. The van der Waals surface area contributed by atoms with Crippen molar-refractivity contribution in [3.63, 3.8) is 0 Å². The fourth-order valence-corrected chi connectivity index (χ4v) is 2.38. The highest BCUT2D eigenvalue weighted by molar-refractivity contribution is 5.60. The molecule has 0 saturated carbocycles. The molecule has 1 saturated heterocycles. The quantitative estimate of drug-likeness (QED) is 0.877. The molecule has 1 aliphatic rings. The van der Waals surface area contributed by atoms with Crippen molar-refractivity contribution in [2.45, 2.75) is 25.9 Å². The zero-order valence-corrected chi connectivity index (χ0v) is 11.6. The summed E-state index contributed by atoms with van der Waals surface area (Å²) in [7, 11) is 2.04. The first-order valence-electron chi connectivity index (χ1n) is 6.80. The summed E-state index contributed by atoms with van der Waals surface area (Å²) in [5.41, 5.74) is 2.89. The molecular weight excluding hydrogens is 238 g/mol. The van der Waals surface area contributed by atoms with Crippen LogP contribution >= 0.6 is 0 Å². The number of nitriles is 1. The molecule has 1 aromatic rings. The van der Waals surface area contributed by atoms with E-state index in [1.165, 1.54) is 0 Å². The van der Waals surface area contributed by atoms with Gasteiger partial charge in [0.15, 0.2) is 0 Å². The Bertz CT molecular complexity index is 461. The van der Waals surface area contributed by atoms with Crippen LogP contribution in [0.2, 0.25) is 0 Å². The summed E-state index contributed by atoms with van der Waals surface area (Å²) in [6, 6.07) is 8.80. The zero-order valence-electron chi connectivity index (χ0n) is 11.6. The van der Waals surface area contributed by atoms with Crippen molar-refractivity contribution in [2.24, 2.45) is 0 Å². The number of rotatable bonds is 5. The van der Waals surface area contributed by atoms with Crippen LogP contribution in [0.1, 0.15) is 24.5 Å². The van der Waals surface area contributed by atoms with Gasteiger partial charge in [0.05, 0.1) is 23.9 Å². The Labute approximate surface area is 115 Å². The Morgan fingerprint density at radius 2 is 2.37 bits per heavy atom. The molecule has 0 spiro atoms. The highest BCUT2D eigenvalue weighted by Crippen LogP contribution is 2.25. The van der Waals surface area contributed by atoms with Crippen molar-refractivity contribution in [1.82, 2.24) is 5.32 Å². The first kappa shape index (κ1) is 13.9. The van der Waals surface area contributed by atoms with Gasteiger partial charge >= 0.3 is 0 Å². The van der Waals surface area contributed by atoms with Gasteiger partial charge in [0.2, 0.25) is 0 Å². The lowest BCUT2D eigenvalue weighted by atomic mass is 10.1. The van der Waals surface area contributed by atoms with Gasteiger partial charge in [-0.1, -0.05) is 13.0 Å². The normalized spacial score (nSPS) is 18.3. The van der Waals surface area contributed by atoms with Crippen molar-refractivity contribution < 1.29 is 4.74 Å². The van der Waals surface area contributed by atoms with Crippen LogP contribution < -0.4 is 10.2 Å². The van der Waals surface area contributed by atoms with Gasteiger partial charge in [0.25, 0.3) is 0 Å². The second-order valence-corrected chi connectivity index (χ2v) is 4.87. The van der Waals surface area contributed by atoms with E-state index >= 15 is 0 Å². The van der Waals surface area contributed by atoms with E-state index in [4.69, 9.17) is 4.74 Å². The molecule has 0 amide bonds. The lowest BCUT2D eigenvalue weighted by molar-refractivity contribution is 0.193. The van der Waals surface area contributed by atoms with E-state index in [0.717, 1.165) is 49.5 Å². The van der Waals surface area contributed by atoms with Crippen LogP contribution in [0.4, 0.5) is 5.69 Å². The SMILES string of the molecule is CCNCc1ccc(N(C)C2CCOC2)c(C#N)c1. The zero-order chi connectivity index (χ0) is 13.7. The third kappa shape index (κ3) is 3.25. The Kier molecular flexibility index (Phi) is 4.78. The van der Waals surface area contributed by atoms with Crippen LogP contribution in [0, 0.1) is 11.3 Å². The molecule has 0 aliphatic carbocycles. The third-order valence-electron chi connectivity index (χ3n) is 3.59. The molecule has 102 valence electrons. The maximum Gasteiger partial charge on any atom is 0.101 e. The van der Waals surface area contributed by atoms with Gasteiger partial charge in [-0.05, 0) is 30.7 Å². The van der Waals surface area contributed by atoms with E-state index in [0.29, 0.717) is 6.04 Å². The number of hydrogen-bond acceptors (Lipinski definition) is 4. The summed E-state index contributed by atoms with van der Waals surface area (Å²) in [5, 5.41) is 12.6. The Morgan fingerprint density at radius 3 is 3.00 bits per heavy atom. The number of nitrogens with one attached hydrogen (secondary N) is 1. The Balaban J connectivity index is 2.18. The van der Waals surface area contributed by atoms with E-state index in [2.05, 4.69) is 29.3 Å². The van der Waals surface area contributed by atoms with Crippen LogP contribution in [0.15, 0.2) is 18.2 Å². The molecule has 4 heteroatoms. The minimum absolute atomic E-state index is 0.381. The van der Waals surface area contributed by atoms with Crippen molar-refractivity contribution in [3.8, 4) is 6.07 Å². The molecule has 1 aliphatic heterocycles. The van der Waals surface area contributed by atoms with Gasteiger partial charge in [-0.25, -0.2) is 0 Å². The molecule has 0 bridgehead atoms. The number of ether oxygens (including phenoxy) is 1. The van der Waals surface area contributed by atoms with Crippen molar-refractivity contribution in [3.05, 3.63) is 29.3 Å². The molecule has 1 N–H and O–H groups in total. The van der Waals surface area contributed by atoms with E-state index in [9.17, 15) is 5.26 Å². The van der Waals surface area contributed by atoms with Gasteiger partial charge in [-0.2, -0.15) is 5.26 Å². The van der Waals surface area contributed by atoms with Crippen LogP contribution in [0.5, 0.6) is 0 Å².